The van der Waals surface area contributed by atoms with Crippen molar-refractivity contribution >= 4 is 12.0 Å². The Morgan fingerprint density at radius 2 is 2.08 bits per heavy atom. The molecular formula is C18H27FN3O3+. The first-order chi connectivity index (χ1) is 12.0. The summed E-state index contributed by atoms with van der Waals surface area (Å²) in [6, 6.07) is 6.52. The first-order valence-electron chi connectivity index (χ1n) is 8.74. The predicted molar refractivity (Wildman–Crippen MR) is 91.6 cm³/mol. The number of nitrogens with one attached hydrogen (secondary N) is 2. The lowest BCUT2D eigenvalue weighted by Crippen LogP contribution is -3.09. The number of ether oxygens (including phenoxy) is 1. The zero-order valence-corrected chi connectivity index (χ0v) is 14.9. The summed E-state index contributed by atoms with van der Waals surface area (Å²) in [5.74, 6) is -0.286. The highest BCUT2D eigenvalue weighted by Crippen LogP contribution is 2.11. The average molecular weight is 352 g/mol. The van der Waals surface area contributed by atoms with E-state index in [4.69, 9.17) is 4.74 Å². The average Bonchev–Trinajstić information content (AvgIpc) is 2.55. The van der Waals surface area contributed by atoms with Gasteiger partial charge in [0.05, 0.1) is 13.7 Å². The number of carbonyl (C=O) groups excluding carboxylic acids is 2. The van der Waals surface area contributed by atoms with Gasteiger partial charge in [0, 0.05) is 24.7 Å². The van der Waals surface area contributed by atoms with E-state index in [1.165, 1.54) is 12.1 Å². The Morgan fingerprint density at radius 1 is 1.36 bits per heavy atom. The van der Waals surface area contributed by atoms with E-state index in [0.717, 1.165) is 23.3 Å². The number of likely N-dealkylation sites (tertiary alicyclic amines) is 1. The van der Waals surface area contributed by atoms with Crippen molar-refractivity contribution in [2.45, 2.75) is 32.4 Å². The third kappa shape index (κ3) is 6.34. The fourth-order valence-electron chi connectivity index (χ4n) is 3.03. The van der Waals surface area contributed by atoms with Gasteiger partial charge in [0.2, 0.25) is 0 Å². The van der Waals surface area contributed by atoms with Crippen molar-refractivity contribution in [3.05, 3.63) is 35.6 Å². The van der Waals surface area contributed by atoms with Gasteiger partial charge in [0.25, 0.3) is 5.91 Å². The largest absolute Gasteiger partial charge is 0.450 e. The van der Waals surface area contributed by atoms with Crippen molar-refractivity contribution in [3.8, 4) is 0 Å². The second-order valence-corrected chi connectivity index (χ2v) is 6.47. The van der Waals surface area contributed by atoms with Crippen LogP contribution in [0, 0.1) is 5.82 Å². The van der Waals surface area contributed by atoms with Gasteiger partial charge in [-0.05, 0) is 31.9 Å². The third-order valence-corrected chi connectivity index (χ3v) is 4.24. The van der Waals surface area contributed by atoms with E-state index in [0.29, 0.717) is 32.8 Å². The maximum atomic E-state index is 13.2. The molecule has 1 aromatic carbocycles. The molecule has 138 valence electrons. The molecule has 1 aliphatic heterocycles. The molecule has 0 aromatic heterocycles. The maximum Gasteiger partial charge on any atom is 0.409 e. The van der Waals surface area contributed by atoms with Crippen molar-refractivity contribution in [2.75, 3.05) is 33.3 Å². The Morgan fingerprint density at radius 3 is 2.72 bits per heavy atom. The lowest BCUT2D eigenvalue weighted by Gasteiger charge is -2.31. The van der Waals surface area contributed by atoms with Crippen LogP contribution in [0.4, 0.5) is 9.18 Å². The van der Waals surface area contributed by atoms with Crippen molar-refractivity contribution < 1.29 is 23.6 Å². The Bertz CT molecular complexity index is 589. The van der Waals surface area contributed by atoms with Crippen LogP contribution in [-0.4, -0.2) is 56.2 Å². The molecule has 2 amide bonds. The minimum atomic E-state index is -0.286. The third-order valence-electron chi connectivity index (χ3n) is 4.24. The number of amides is 2. The smallest absolute Gasteiger partial charge is 0.409 e. The van der Waals surface area contributed by atoms with Crippen LogP contribution in [0.5, 0.6) is 0 Å². The summed E-state index contributed by atoms with van der Waals surface area (Å²) in [7, 11) is 1.91. The van der Waals surface area contributed by atoms with Crippen LogP contribution < -0.4 is 10.2 Å². The van der Waals surface area contributed by atoms with Crippen LogP contribution in [0.2, 0.25) is 0 Å². The second kappa shape index (κ2) is 9.36. The number of likely N-dealkylation sites (N-methyl/N-ethyl adjacent to an activating group) is 1. The monoisotopic (exact) mass is 352 g/mol. The van der Waals surface area contributed by atoms with Crippen LogP contribution in [0.3, 0.4) is 0 Å². The number of hydrogen-bond donors (Lipinski definition) is 2. The molecule has 1 heterocycles. The standard InChI is InChI=1S/C18H26FN3O3/c1-3-25-18(24)22-9-7-16(8-10-22)20-17(23)13-21(2)12-14-5-4-6-15(19)11-14/h4-6,11,16H,3,7-10,12-13H2,1-2H3,(H,20,23)/p+1. The molecule has 25 heavy (non-hydrogen) atoms. The van der Waals surface area contributed by atoms with Gasteiger partial charge in [-0.3, -0.25) is 4.79 Å². The van der Waals surface area contributed by atoms with E-state index in [9.17, 15) is 14.0 Å². The number of halogens is 1. The number of rotatable bonds is 6. The molecule has 1 saturated heterocycles. The van der Waals surface area contributed by atoms with Crippen LogP contribution in [0.25, 0.3) is 0 Å². The number of nitrogens with zero attached hydrogens (tertiary/aromatic N) is 1. The van der Waals surface area contributed by atoms with Crippen LogP contribution >= 0.6 is 0 Å². The van der Waals surface area contributed by atoms with Gasteiger partial charge in [-0.1, -0.05) is 12.1 Å². The summed E-state index contributed by atoms with van der Waals surface area (Å²) in [6.45, 7) is 4.26. The summed E-state index contributed by atoms with van der Waals surface area (Å²) in [5, 5.41) is 3.03. The van der Waals surface area contributed by atoms with E-state index in [-0.39, 0.29) is 23.9 Å². The molecule has 1 aromatic rings. The molecule has 2 N–H and O–H groups in total. The van der Waals surface area contributed by atoms with Gasteiger partial charge < -0.3 is 19.9 Å². The summed E-state index contributed by atoms with van der Waals surface area (Å²) in [6.07, 6.45) is 1.17. The van der Waals surface area contributed by atoms with E-state index in [1.807, 2.05) is 13.1 Å². The lowest BCUT2D eigenvalue weighted by molar-refractivity contribution is -0.885. The number of carbonyl (C=O) groups is 2. The highest BCUT2D eigenvalue weighted by atomic mass is 19.1. The lowest BCUT2D eigenvalue weighted by atomic mass is 10.1. The van der Waals surface area contributed by atoms with Gasteiger partial charge in [-0.25, -0.2) is 9.18 Å². The Hall–Kier alpha value is -2.15. The molecule has 1 atom stereocenters. The normalized spacial score (nSPS) is 16.4. The maximum absolute atomic E-state index is 13.2. The highest BCUT2D eigenvalue weighted by molar-refractivity contribution is 5.77. The molecular weight excluding hydrogens is 325 g/mol. The number of piperidine rings is 1. The van der Waals surface area contributed by atoms with Gasteiger partial charge in [-0.2, -0.15) is 0 Å². The quantitative estimate of drug-likeness (QED) is 0.787. The van der Waals surface area contributed by atoms with E-state index >= 15 is 0 Å². The molecule has 0 saturated carbocycles. The SMILES string of the molecule is CCOC(=O)N1CCC(NC(=O)C[NH+](C)Cc2cccc(F)c2)CC1. The first kappa shape index (κ1) is 19.2. The molecule has 0 spiro atoms. The Labute approximate surface area is 147 Å². The molecule has 7 heteroatoms. The second-order valence-electron chi connectivity index (χ2n) is 6.47. The predicted octanol–water partition coefficient (Wildman–Crippen LogP) is 0.578. The van der Waals surface area contributed by atoms with E-state index in [2.05, 4.69) is 5.32 Å². The van der Waals surface area contributed by atoms with Crippen LogP contribution in [0.1, 0.15) is 25.3 Å². The molecule has 6 nitrogen and oxygen atoms in total. The van der Waals surface area contributed by atoms with Crippen molar-refractivity contribution in [2.24, 2.45) is 0 Å². The Balaban J connectivity index is 1.71. The molecule has 1 unspecified atom stereocenters. The Kier molecular flexibility index (Phi) is 7.18. The summed E-state index contributed by atoms with van der Waals surface area (Å²) < 4.78 is 18.2. The van der Waals surface area contributed by atoms with E-state index in [1.54, 1.807) is 17.9 Å². The molecule has 0 bridgehead atoms. The van der Waals surface area contributed by atoms with Crippen molar-refractivity contribution in [1.29, 1.82) is 0 Å². The fraction of sp³-hybridized carbons (Fsp3) is 0.556. The molecule has 0 aliphatic carbocycles. The highest BCUT2D eigenvalue weighted by Gasteiger charge is 2.25. The first-order valence-corrected chi connectivity index (χ1v) is 8.74. The van der Waals surface area contributed by atoms with Gasteiger partial charge in [0.1, 0.15) is 12.4 Å². The summed E-state index contributed by atoms with van der Waals surface area (Å²) in [4.78, 5) is 26.5. The topological polar surface area (TPSA) is 63.1 Å². The summed E-state index contributed by atoms with van der Waals surface area (Å²) >= 11 is 0. The van der Waals surface area contributed by atoms with Crippen LogP contribution in [0.15, 0.2) is 24.3 Å². The number of quaternary nitrogens is 1. The molecule has 2 rings (SSSR count). The molecule has 0 radical (unpaired) electrons. The zero-order chi connectivity index (χ0) is 18.2. The van der Waals surface area contributed by atoms with Crippen molar-refractivity contribution in [1.82, 2.24) is 10.2 Å². The van der Waals surface area contributed by atoms with Gasteiger partial charge in [-0.15, -0.1) is 0 Å². The minimum Gasteiger partial charge on any atom is -0.450 e. The fourth-order valence-corrected chi connectivity index (χ4v) is 3.03. The number of hydrogen-bond acceptors (Lipinski definition) is 3. The number of benzene rings is 1. The van der Waals surface area contributed by atoms with Crippen LogP contribution in [-0.2, 0) is 16.1 Å². The van der Waals surface area contributed by atoms with Gasteiger partial charge in [0.15, 0.2) is 6.54 Å². The van der Waals surface area contributed by atoms with Gasteiger partial charge >= 0.3 is 6.09 Å². The van der Waals surface area contributed by atoms with Crippen molar-refractivity contribution in [3.63, 3.8) is 0 Å². The molecule has 1 fully saturated rings. The molecule has 1 aliphatic rings. The zero-order valence-electron chi connectivity index (χ0n) is 14.9. The minimum absolute atomic E-state index is 0.0245. The van der Waals surface area contributed by atoms with E-state index < -0.39 is 0 Å². The summed E-state index contributed by atoms with van der Waals surface area (Å²) in [5.41, 5.74) is 0.869.